The molecular weight excluding hydrogens is 178 g/mol. The Bertz CT molecular complexity index is 339. The molecule has 1 aromatic rings. The van der Waals surface area contributed by atoms with Gasteiger partial charge in [0.2, 0.25) is 5.91 Å². The first kappa shape index (κ1) is 10.6. The fourth-order valence-electron chi connectivity index (χ4n) is 1.22. The Morgan fingerprint density at radius 3 is 2.86 bits per heavy atom. The van der Waals surface area contributed by atoms with Crippen molar-refractivity contribution in [3.63, 3.8) is 0 Å². The summed E-state index contributed by atoms with van der Waals surface area (Å²) in [6.07, 6.45) is 3.91. The summed E-state index contributed by atoms with van der Waals surface area (Å²) in [5, 5.41) is 0. The van der Waals surface area contributed by atoms with Crippen LogP contribution in [0.4, 0.5) is 0 Å². The second-order valence-electron chi connectivity index (χ2n) is 3.39. The predicted molar refractivity (Wildman–Crippen MR) is 54.8 cm³/mol. The molecule has 1 atom stereocenters. The number of carbonyl (C=O) groups is 1. The van der Waals surface area contributed by atoms with E-state index >= 15 is 0 Å². The van der Waals surface area contributed by atoms with Gasteiger partial charge in [-0.2, -0.15) is 0 Å². The molecule has 0 fully saturated rings. The lowest BCUT2D eigenvalue weighted by Gasteiger charge is -2.03. The van der Waals surface area contributed by atoms with Crippen molar-refractivity contribution in [3.05, 3.63) is 35.8 Å². The van der Waals surface area contributed by atoms with Gasteiger partial charge in [0, 0.05) is 5.92 Å². The third kappa shape index (κ3) is 3.09. The number of carbonyl (C=O) groups excluding carboxylic acids is 1. The second-order valence-corrected chi connectivity index (χ2v) is 3.39. The van der Waals surface area contributed by atoms with Gasteiger partial charge in [-0.25, -0.2) is 0 Å². The number of allylic oxidation sites excluding steroid dienone is 1. The van der Waals surface area contributed by atoms with E-state index in [1.54, 1.807) is 6.08 Å². The number of amides is 1. The molecule has 14 heavy (non-hydrogen) atoms. The van der Waals surface area contributed by atoms with Crippen LogP contribution in [0.25, 0.3) is 0 Å². The van der Waals surface area contributed by atoms with Crippen molar-refractivity contribution in [2.24, 2.45) is 5.73 Å². The van der Waals surface area contributed by atoms with Crippen LogP contribution in [0.15, 0.2) is 28.7 Å². The Kier molecular flexibility index (Phi) is 3.51. The highest BCUT2D eigenvalue weighted by molar-refractivity contribution is 5.85. The molecule has 0 radical (unpaired) electrons. The number of hydrogen-bond acceptors (Lipinski definition) is 2. The number of furan rings is 1. The van der Waals surface area contributed by atoms with Gasteiger partial charge < -0.3 is 10.2 Å². The van der Waals surface area contributed by atoms with Gasteiger partial charge in [-0.1, -0.05) is 13.0 Å². The highest BCUT2D eigenvalue weighted by Gasteiger charge is 2.07. The summed E-state index contributed by atoms with van der Waals surface area (Å²) in [4.78, 5) is 10.4. The van der Waals surface area contributed by atoms with E-state index in [4.69, 9.17) is 10.2 Å². The van der Waals surface area contributed by atoms with Crippen molar-refractivity contribution in [2.75, 3.05) is 0 Å². The van der Waals surface area contributed by atoms with Crippen LogP contribution in [0, 0.1) is 6.92 Å². The zero-order valence-electron chi connectivity index (χ0n) is 8.49. The van der Waals surface area contributed by atoms with Crippen molar-refractivity contribution in [1.29, 1.82) is 0 Å². The van der Waals surface area contributed by atoms with Crippen LogP contribution in [0.1, 0.15) is 30.8 Å². The summed E-state index contributed by atoms with van der Waals surface area (Å²) in [5.41, 5.74) is 4.97. The van der Waals surface area contributed by atoms with Gasteiger partial charge in [0.1, 0.15) is 11.5 Å². The molecule has 0 aromatic carbocycles. The van der Waals surface area contributed by atoms with E-state index in [1.807, 2.05) is 26.0 Å². The van der Waals surface area contributed by atoms with Crippen molar-refractivity contribution in [1.82, 2.24) is 0 Å². The fraction of sp³-hybridized carbons (Fsp3) is 0.364. The lowest BCUT2D eigenvalue weighted by Crippen LogP contribution is -2.05. The van der Waals surface area contributed by atoms with Gasteiger partial charge in [-0.05, 0) is 31.6 Å². The number of nitrogens with two attached hydrogens (primary N) is 1. The van der Waals surface area contributed by atoms with Gasteiger partial charge >= 0.3 is 0 Å². The molecule has 2 N–H and O–H groups in total. The maximum Gasteiger partial charge on any atom is 0.241 e. The normalized spacial score (nSPS) is 13.3. The standard InChI is InChI=1S/C11H15NO2/c1-8(4-3-5-11(12)13)10-7-6-9(2)14-10/h3,5-8H,4H2,1-2H3,(H2,12,13)/b5-3+. The molecule has 1 heterocycles. The minimum absolute atomic E-state index is 0.277. The third-order valence-corrected chi connectivity index (χ3v) is 2.02. The van der Waals surface area contributed by atoms with Crippen LogP contribution < -0.4 is 5.73 Å². The predicted octanol–water partition coefficient (Wildman–Crippen LogP) is 2.12. The van der Waals surface area contributed by atoms with E-state index in [2.05, 4.69) is 0 Å². The van der Waals surface area contributed by atoms with Crippen LogP contribution in [0.3, 0.4) is 0 Å². The van der Waals surface area contributed by atoms with Crippen molar-refractivity contribution in [2.45, 2.75) is 26.2 Å². The largest absolute Gasteiger partial charge is 0.466 e. The molecule has 76 valence electrons. The zero-order valence-corrected chi connectivity index (χ0v) is 8.49. The molecule has 1 unspecified atom stereocenters. The molecule has 3 heteroatoms. The number of rotatable bonds is 4. The Labute approximate surface area is 83.6 Å². The third-order valence-electron chi connectivity index (χ3n) is 2.02. The Hall–Kier alpha value is -1.51. The molecule has 3 nitrogen and oxygen atoms in total. The van der Waals surface area contributed by atoms with Crippen molar-refractivity contribution in [3.8, 4) is 0 Å². The summed E-state index contributed by atoms with van der Waals surface area (Å²) in [5.74, 6) is 1.72. The molecule has 0 saturated carbocycles. The van der Waals surface area contributed by atoms with Crippen LogP contribution >= 0.6 is 0 Å². The Morgan fingerprint density at radius 1 is 1.64 bits per heavy atom. The summed E-state index contributed by atoms with van der Waals surface area (Å²) in [6.45, 7) is 3.96. The van der Waals surface area contributed by atoms with Crippen LogP contribution in [0.2, 0.25) is 0 Å². The first-order valence-corrected chi connectivity index (χ1v) is 4.62. The molecule has 0 spiro atoms. The average Bonchev–Trinajstić information content (AvgIpc) is 2.51. The zero-order chi connectivity index (χ0) is 10.6. The van der Waals surface area contributed by atoms with E-state index in [-0.39, 0.29) is 5.92 Å². The van der Waals surface area contributed by atoms with Crippen molar-refractivity contribution >= 4 is 5.91 Å². The monoisotopic (exact) mass is 193 g/mol. The van der Waals surface area contributed by atoms with E-state index in [0.717, 1.165) is 17.9 Å². The van der Waals surface area contributed by atoms with E-state index in [9.17, 15) is 4.79 Å². The number of aryl methyl sites for hydroxylation is 1. The first-order valence-electron chi connectivity index (χ1n) is 4.62. The van der Waals surface area contributed by atoms with Gasteiger partial charge in [-0.3, -0.25) is 4.79 Å². The van der Waals surface area contributed by atoms with Crippen LogP contribution in [-0.4, -0.2) is 5.91 Å². The average molecular weight is 193 g/mol. The summed E-state index contributed by atoms with van der Waals surface area (Å²) < 4.78 is 5.45. The maximum absolute atomic E-state index is 10.4. The highest BCUT2D eigenvalue weighted by Crippen LogP contribution is 2.21. The van der Waals surface area contributed by atoms with Gasteiger partial charge in [0.15, 0.2) is 0 Å². The molecule has 0 aliphatic heterocycles. The molecular formula is C11H15NO2. The highest BCUT2D eigenvalue weighted by atomic mass is 16.3. The molecule has 1 aromatic heterocycles. The molecule has 1 amide bonds. The summed E-state index contributed by atoms with van der Waals surface area (Å²) in [7, 11) is 0. The SMILES string of the molecule is Cc1ccc(C(C)C/C=C/C(N)=O)o1. The first-order chi connectivity index (χ1) is 6.59. The fourth-order valence-corrected chi connectivity index (χ4v) is 1.22. The molecule has 0 saturated heterocycles. The molecule has 0 bridgehead atoms. The maximum atomic E-state index is 10.4. The Morgan fingerprint density at radius 2 is 2.36 bits per heavy atom. The van der Waals surface area contributed by atoms with E-state index in [0.29, 0.717) is 0 Å². The second kappa shape index (κ2) is 4.65. The van der Waals surface area contributed by atoms with Gasteiger partial charge in [-0.15, -0.1) is 0 Å². The van der Waals surface area contributed by atoms with E-state index < -0.39 is 5.91 Å². The van der Waals surface area contributed by atoms with Crippen LogP contribution in [-0.2, 0) is 4.79 Å². The lowest BCUT2D eigenvalue weighted by molar-refractivity contribution is -0.113. The number of hydrogen-bond donors (Lipinski definition) is 1. The molecule has 1 rings (SSSR count). The minimum atomic E-state index is -0.409. The topological polar surface area (TPSA) is 56.2 Å². The van der Waals surface area contributed by atoms with Crippen molar-refractivity contribution < 1.29 is 9.21 Å². The lowest BCUT2D eigenvalue weighted by atomic mass is 10.1. The van der Waals surface area contributed by atoms with Crippen LogP contribution in [0.5, 0.6) is 0 Å². The van der Waals surface area contributed by atoms with Gasteiger partial charge in [0.25, 0.3) is 0 Å². The quantitative estimate of drug-likeness (QED) is 0.744. The van der Waals surface area contributed by atoms with E-state index in [1.165, 1.54) is 6.08 Å². The minimum Gasteiger partial charge on any atom is -0.466 e. The molecule has 0 aliphatic rings. The Balaban J connectivity index is 2.50. The summed E-state index contributed by atoms with van der Waals surface area (Å²) in [6, 6.07) is 3.89. The summed E-state index contributed by atoms with van der Waals surface area (Å²) >= 11 is 0. The molecule has 0 aliphatic carbocycles. The van der Waals surface area contributed by atoms with Gasteiger partial charge in [0.05, 0.1) is 0 Å². The smallest absolute Gasteiger partial charge is 0.241 e. The number of primary amides is 1.